The number of hydrogen-bond donors (Lipinski definition) is 4. The van der Waals surface area contributed by atoms with E-state index in [0.29, 0.717) is 36.8 Å². The number of methoxy groups -OCH3 is 1. The number of fused-ring (bicyclic) bond motifs is 2. The fraction of sp³-hybridized carbons (Fsp3) is 0.375. The number of hydrogen-bond acceptors (Lipinski definition) is 7. The number of carbonyl (C=O) groups is 2. The number of rotatable bonds is 9. The molecule has 11 heteroatoms. The second-order valence-corrected chi connectivity index (χ2v) is 18.4. The van der Waals surface area contributed by atoms with Crippen molar-refractivity contribution in [1.29, 1.82) is 0 Å². The first-order chi connectivity index (χ1) is 20.3. The van der Waals surface area contributed by atoms with Crippen molar-refractivity contribution in [1.82, 2.24) is 15.2 Å². The largest absolute Gasteiger partial charge is 0.543 e. The number of benzene rings is 2. The number of thiophene rings is 1. The molecular formula is C32H40N4O5SSi. The summed E-state index contributed by atoms with van der Waals surface area (Å²) >= 11 is 1.30. The molecule has 0 saturated carbocycles. The molecule has 4 aromatic rings. The van der Waals surface area contributed by atoms with E-state index in [1.54, 1.807) is 7.11 Å². The molecule has 0 aliphatic carbocycles. The lowest BCUT2D eigenvalue weighted by Crippen LogP contribution is -2.43. The molecule has 9 nitrogen and oxygen atoms in total. The smallest absolute Gasteiger partial charge is 0.338 e. The van der Waals surface area contributed by atoms with Gasteiger partial charge >= 0.3 is 5.97 Å². The Labute approximate surface area is 257 Å². The van der Waals surface area contributed by atoms with Gasteiger partial charge in [-0.25, -0.2) is 4.79 Å². The average molecular weight is 621 g/mol. The average Bonchev–Trinajstić information content (AvgIpc) is 3.52. The SMILES string of the molecule is COc1ccc(CN2CCc3c(sc(N)c3C(=O)O)C2CNC(=O)c2cc3cc(O[Si](C)(C)C(C)(C)C)ccc3[nH]2)cc1. The van der Waals surface area contributed by atoms with Crippen LogP contribution in [0, 0.1) is 0 Å². The Kier molecular flexibility index (Phi) is 8.34. The number of nitrogens with two attached hydrogens (primary N) is 1. The first kappa shape index (κ1) is 30.6. The highest BCUT2D eigenvalue weighted by atomic mass is 32.1. The lowest BCUT2D eigenvalue weighted by Gasteiger charge is -2.36. The van der Waals surface area contributed by atoms with Gasteiger partial charge in [0.15, 0.2) is 0 Å². The van der Waals surface area contributed by atoms with Crippen molar-refractivity contribution in [2.24, 2.45) is 0 Å². The summed E-state index contributed by atoms with van der Waals surface area (Å²) in [6.45, 7) is 12.6. The summed E-state index contributed by atoms with van der Waals surface area (Å²) in [4.78, 5) is 31.8. The number of carboxylic acid groups (broad SMARTS) is 1. The van der Waals surface area contributed by atoms with E-state index in [1.807, 2.05) is 48.5 Å². The van der Waals surface area contributed by atoms with Crippen LogP contribution >= 0.6 is 11.3 Å². The molecule has 228 valence electrons. The summed E-state index contributed by atoms with van der Waals surface area (Å²) in [5, 5.41) is 14.2. The van der Waals surface area contributed by atoms with Crippen LogP contribution in [0.5, 0.6) is 11.5 Å². The van der Waals surface area contributed by atoms with Crippen LogP contribution in [0.4, 0.5) is 5.00 Å². The standard InChI is InChI=1S/C32H40N4O5SSi/c1-32(2,3)43(5,6)41-22-11-12-24-20(15-22)16-25(35-24)30(37)34-17-26-28-23(27(31(38)39)29(33)42-28)13-14-36(26)18-19-7-9-21(40-4)10-8-19/h7-12,15-16,26,35H,13-14,17-18,33H2,1-6H3,(H,34,37)(H,38,39). The van der Waals surface area contributed by atoms with E-state index >= 15 is 0 Å². The Bertz CT molecular complexity index is 1650. The Morgan fingerprint density at radius 3 is 2.49 bits per heavy atom. The summed E-state index contributed by atoms with van der Waals surface area (Å²) in [6.07, 6.45) is 0.576. The normalized spacial score (nSPS) is 15.7. The molecule has 1 aliphatic heterocycles. The predicted molar refractivity (Wildman–Crippen MR) is 174 cm³/mol. The van der Waals surface area contributed by atoms with E-state index in [9.17, 15) is 14.7 Å². The first-order valence-electron chi connectivity index (χ1n) is 14.4. The summed E-state index contributed by atoms with van der Waals surface area (Å²) in [6, 6.07) is 15.4. The maximum atomic E-state index is 13.4. The number of carbonyl (C=O) groups excluding carboxylic acids is 1. The van der Waals surface area contributed by atoms with Gasteiger partial charge in [-0.1, -0.05) is 32.9 Å². The molecule has 1 aliphatic rings. The summed E-state index contributed by atoms with van der Waals surface area (Å²) in [7, 11) is -0.368. The maximum absolute atomic E-state index is 13.4. The number of nitrogens with zero attached hydrogens (tertiary/aromatic N) is 1. The fourth-order valence-corrected chi connectivity index (χ4v) is 7.50. The van der Waals surface area contributed by atoms with Gasteiger partial charge in [0.2, 0.25) is 8.32 Å². The highest BCUT2D eigenvalue weighted by Gasteiger charge is 2.39. The predicted octanol–water partition coefficient (Wildman–Crippen LogP) is 6.43. The van der Waals surface area contributed by atoms with Crippen molar-refractivity contribution < 1.29 is 23.9 Å². The lowest BCUT2D eigenvalue weighted by molar-refractivity contribution is 0.0694. The molecule has 0 spiro atoms. The molecule has 1 amide bonds. The molecule has 1 unspecified atom stereocenters. The van der Waals surface area contributed by atoms with Gasteiger partial charge in [0, 0.05) is 35.4 Å². The molecule has 2 aromatic carbocycles. The van der Waals surface area contributed by atoms with E-state index in [0.717, 1.165) is 38.4 Å². The number of anilines is 1. The number of aromatic nitrogens is 1. The summed E-state index contributed by atoms with van der Waals surface area (Å²) < 4.78 is 11.8. The van der Waals surface area contributed by atoms with E-state index in [1.165, 1.54) is 11.3 Å². The van der Waals surface area contributed by atoms with Crippen molar-refractivity contribution in [3.8, 4) is 11.5 Å². The monoisotopic (exact) mass is 620 g/mol. The third kappa shape index (κ3) is 6.29. The zero-order valence-electron chi connectivity index (χ0n) is 25.5. The zero-order chi connectivity index (χ0) is 31.1. The minimum Gasteiger partial charge on any atom is -0.543 e. The Morgan fingerprint density at radius 2 is 1.84 bits per heavy atom. The molecular weight excluding hydrogens is 581 g/mol. The highest BCUT2D eigenvalue weighted by molar-refractivity contribution is 7.16. The second-order valence-electron chi connectivity index (χ2n) is 12.6. The molecule has 43 heavy (non-hydrogen) atoms. The molecule has 0 radical (unpaired) electrons. The highest BCUT2D eigenvalue weighted by Crippen LogP contribution is 2.42. The molecule has 2 aromatic heterocycles. The van der Waals surface area contributed by atoms with Crippen molar-refractivity contribution >= 4 is 47.4 Å². The molecule has 0 saturated heterocycles. The van der Waals surface area contributed by atoms with E-state index in [2.05, 4.69) is 49.1 Å². The molecule has 3 heterocycles. The number of aromatic carboxylic acids is 1. The lowest BCUT2D eigenvalue weighted by atomic mass is 9.96. The second kappa shape index (κ2) is 11.7. The van der Waals surface area contributed by atoms with Crippen molar-refractivity contribution in [2.45, 2.75) is 57.9 Å². The summed E-state index contributed by atoms with van der Waals surface area (Å²) in [5.41, 5.74) is 9.53. The molecule has 5 rings (SSSR count). The van der Waals surface area contributed by atoms with Crippen LogP contribution in [0.25, 0.3) is 10.9 Å². The van der Waals surface area contributed by atoms with Crippen molar-refractivity contribution in [3.63, 3.8) is 0 Å². The molecule has 5 N–H and O–H groups in total. The number of aromatic amines is 1. The number of carboxylic acids is 1. The minimum atomic E-state index is -2.00. The van der Waals surface area contributed by atoms with Crippen LogP contribution in [-0.4, -0.2) is 55.4 Å². The number of ether oxygens (including phenoxy) is 1. The Balaban J connectivity index is 1.37. The maximum Gasteiger partial charge on any atom is 0.338 e. The van der Waals surface area contributed by atoms with E-state index in [4.69, 9.17) is 14.9 Å². The van der Waals surface area contributed by atoms with Crippen molar-refractivity contribution in [2.75, 3.05) is 25.9 Å². The first-order valence-corrected chi connectivity index (χ1v) is 18.1. The van der Waals surface area contributed by atoms with Crippen LogP contribution < -0.4 is 20.2 Å². The summed E-state index contributed by atoms with van der Waals surface area (Å²) in [5.74, 6) is 0.333. The Morgan fingerprint density at radius 1 is 1.14 bits per heavy atom. The topological polar surface area (TPSA) is 130 Å². The third-order valence-electron chi connectivity index (χ3n) is 8.69. The van der Waals surface area contributed by atoms with Gasteiger partial charge in [-0.2, -0.15) is 0 Å². The molecule has 0 fully saturated rings. The van der Waals surface area contributed by atoms with Gasteiger partial charge in [0.05, 0.1) is 18.7 Å². The Hall–Kier alpha value is -3.80. The van der Waals surface area contributed by atoms with Gasteiger partial charge in [-0.3, -0.25) is 9.69 Å². The third-order valence-corrected chi connectivity index (χ3v) is 14.2. The quantitative estimate of drug-likeness (QED) is 0.159. The van der Waals surface area contributed by atoms with Gasteiger partial charge in [-0.05, 0) is 72.1 Å². The van der Waals surface area contributed by atoms with E-state index < -0.39 is 14.3 Å². The van der Waals surface area contributed by atoms with Crippen molar-refractivity contribution in [3.05, 3.63) is 75.8 Å². The number of nitrogens with one attached hydrogen (secondary N) is 2. The van der Waals surface area contributed by atoms with Gasteiger partial charge < -0.3 is 30.3 Å². The van der Waals surface area contributed by atoms with Crippen LogP contribution in [0.1, 0.15) is 63.7 Å². The number of nitrogen functional groups attached to an aromatic ring is 1. The van der Waals surface area contributed by atoms with Gasteiger partial charge in [0.1, 0.15) is 22.2 Å². The van der Waals surface area contributed by atoms with Gasteiger partial charge in [0.25, 0.3) is 5.91 Å². The van der Waals surface area contributed by atoms with Crippen LogP contribution in [-0.2, 0) is 13.0 Å². The van der Waals surface area contributed by atoms with Crippen LogP contribution in [0.15, 0.2) is 48.5 Å². The minimum absolute atomic E-state index is 0.0733. The fourth-order valence-electron chi connectivity index (χ4n) is 5.24. The number of amides is 1. The number of H-pyrrole nitrogens is 1. The van der Waals surface area contributed by atoms with Crippen LogP contribution in [0.2, 0.25) is 18.1 Å². The zero-order valence-corrected chi connectivity index (χ0v) is 27.4. The van der Waals surface area contributed by atoms with Crippen LogP contribution in [0.3, 0.4) is 0 Å². The van der Waals surface area contributed by atoms with E-state index in [-0.39, 0.29) is 22.6 Å². The molecule has 1 atom stereocenters. The molecule has 0 bridgehead atoms. The van der Waals surface area contributed by atoms with Gasteiger partial charge in [-0.15, -0.1) is 11.3 Å².